The minimum Gasteiger partial charge on any atom is -0.491 e. The third-order valence-electron chi connectivity index (χ3n) is 3.58. The van der Waals surface area contributed by atoms with E-state index >= 15 is 0 Å². The topological polar surface area (TPSA) is 70.6 Å². The molecule has 1 atom stereocenters. The number of anilines is 1. The highest BCUT2D eigenvalue weighted by Gasteiger charge is 2.09. The van der Waals surface area contributed by atoms with Gasteiger partial charge in [0.2, 0.25) is 0 Å². The molecular weight excluding hydrogens is 304 g/mol. The van der Waals surface area contributed by atoms with Gasteiger partial charge in [-0.1, -0.05) is 37.3 Å². The number of hydrogen-bond donors (Lipinski definition) is 3. The molecule has 128 valence electrons. The van der Waals surface area contributed by atoms with Crippen molar-refractivity contribution >= 4 is 11.7 Å². The molecule has 0 aromatic heterocycles. The van der Waals surface area contributed by atoms with Crippen LogP contribution in [0.15, 0.2) is 48.5 Å². The van der Waals surface area contributed by atoms with E-state index in [4.69, 9.17) is 4.74 Å². The lowest BCUT2D eigenvalue weighted by Gasteiger charge is -2.15. The molecule has 5 nitrogen and oxygen atoms in total. The number of nitrogens with one attached hydrogen (secondary N) is 2. The van der Waals surface area contributed by atoms with Crippen molar-refractivity contribution < 1.29 is 14.6 Å². The Labute approximate surface area is 142 Å². The second-order valence-electron chi connectivity index (χ2n) is 5.63. The van der Waals surface area contributed by atoms with E-state index in [-0.39, 0.29) is 19.2 Å². The molecule has 0 heterocycles. The second-order valence-corrected chi connectivity index (χ2v) is 5.63. The average Bonchev–Trinajstić information content (AvgIpc) is 2.58. The van der Waals surface area contributed by atoms with Gasteiger partial charge in [0.25, 0.3) is 0 Å². The summed E-state index contributed by atoms with van der Waals surface area (Å²) in [6.07, 6.45) is 0.0568. The number of aryl methyl sites for hydroxylation is 2. The van der Waals surface area contributed by atoms with Crippen LogP contribution in [0, 0.1) is 6.92 Å². The van der Waals surface area contributed by atoms with Crippen molar-refractivity contribution in [3.8, 4) is 5.75 Å². The van der Waals surface area contributed by atoms with Gasteiger partial charge in [0, 0.05) is 12.2 Å². The summed E-state index contributed by atoms with van der Waals surface area (Å²) >= 11 is 0. The summed E-state index contributed by atoms with van der Waals surface area (Å²) < 4.78 is 5.51. The highest BCUT2D eigenvalue weighted by molar-refractivity contribution is 5.90. The van der Waals surface area contributed by atoms with Gasteiger partial charge in [-0.05, 0) is 42.7 Å². The first-order chi connectivity index (χ1) is 11.6. The third kappa shape index (κ3) is 5.59. The van der Waals surface area contributed by atoms with Gasteiger partial charge in [-0.2, -0.15) is 0 Å². The molecule has 24 heavy (non-hydrogen) atoms. The van der Waals surface area contributed by atoms with Crippen LogP contribution in [-0.2, 0) is 6.42 Å². The molecule has 5 heteroatoms. The maximum absolute atomic E-state index is 11.9. The fourth-order valence-corrected chi connectivity index (χ4v) is 2.28. The average molecular weight is 328 g/mol. The molecule has 2 rings (SSSR count). The summed E-state index contributed by atoms with van der Waals surface area (Å²) in [7, 11) is 0. The van der Waals surface area contributed by atoms with Gasteiger partial charge in [-0.25, -0.2) is 4.79 Å². The highest BCUT2D eigenvalue weighted by Crippen LogP contribution is 2.15. The molecule has 1 unspecified atom stereocenters. The fourth-order valence-electron chi connectivity index (χ4n) is 2.28. The van der Waals surface area contributed by atoms with Crippen LogP contribution in [0.2, 0.25) is 0 Å². The normalized spacial score (nSPS) is 11.6. The van der Waals surface area contributed by atoms with Crippen molar-refractivity contribution in [3.63, 3.8) is 0 Å². The molecule has 0 saturated heterocycles. The van der Waals surface area contributed by atoms with Crippen LogP contribution in [0.3, 0.4) is 0 Å². The molecule has 3 N–H and O–H groups in total. The van der Waals surface area contributed by atoms with E-state index in [0.29, 0.717) is 5.75 Å². The molecule has 0 bridgehead atoms. The quantitative estimate of drug-likeness (QED) is 0.731. The summed E-state index contributed by atoms with van der Waals surface area (Å²) in [5.74, 6) is 0.704. The Kier molecular flexibility index (Phi) is 6.63. The van der Waals surface area contributed by atoms with Crippen LogP contribution < -0.4 is 15.4 Å². The third-order valence-corrected chi connectivity index (χ3v) is 3.58. The number of carbonyl (C=O) groups excluding carboxylic acids is 1. The number of para-hydroxylation sites is 1. The largest absolute Gasteiger partial charge is 0.491 e. The predicted octanol–water partition coefficient (Wildman–Crippen LogP) is 3.12. The van der Waals surface area contributed by atoms with Crippen molar-refractivity contribution in [1.29, 1.82) is 0 Å². The minimum absolute atomic E-state index is 0.117. The molecule has 2 aromatic carbocycles. The van der Waals surface area contributed by atoms with Crippen LogP contribution in [-0.4, -0.2) is 30.4 Å². The van der Waals surface area contributed by atoms with E-state index in [1.165, 1.54) is 0 Å². The maximum atomic E-state index is 11.9. The standard InChI is InChI=1S/C19H24N2O3/c1-3-15-8-4-5-10-18(15)21-19(23)20-12-16(22)13-24-17-9-6-7-14(2)11-17/h4-11,16,22H,3,12-13H2,1-2H3,(H2,20,21,23). The lowest BCUT2D eigenvalue weighted by atomic mass is 10.1. The minimum atomic E-state index is -0.780. The molecule has 0 spiro atoms. The van der Waals surface area contributed by atoms with Crippen molar-refractivity contribution in [2.75, 3.05) is 18.5 Å². The van der Waals surface area contributed by atoms with Crippen molar-refractivity contribution in [2.45, 2.75) is 26.4 Å². The first-order valence-corrected chi connectivity index (χ1v) is 8.08. The predicted molar refractivity (Wildman–Crippen MR) is 95.5 cm³/mol. The molecule has 0 aliphatic heterocycles. The van der Waals surface area contributed by atoms with Crippen LogP contribution in [0.1, 0.15) is 18.1 Å². The van der Waals surface area contributed by atoms with Crippen molar-refractivity contribution in [1.82, 2.24) is 5.32 Å². The number of amides is 2. The Balaban J connectivity index is 1.75. The molecule has 2 amide bonds. The van der Waals surface area contributed by atoms with E-state index in [0.717, 1.165) is 23.2 Å². The monoisotopic (exact) mass is 328 g/mol. The van der Waals surface area contributed by atoms with Crippen LogP contribution in [0.4, 0.5) is 10.5 Å². The van der Waals surface area contributed by atoms with E-state index < -0.39 is 6.10 Å². The summed E-state index contributed by atoms with van der Waals surface area (Å²) in [6, 6.07) is 14.9. The summed E-state index contributed by atoms with van der Waals surface area (Å²) in [6.45, 7) is 4.25. The molecule has 0 aliphatic carbocycles. The number of ether oxygens (including phenoxy) is 1. The SMILES string of the molecule is CCc1ccccc1NC(=O)NCC(O)COc1cccc(C)c1. The van der Waals surface area contributed by atoms with Gasteiger partial charge in [0.05, 0.1) is 0 Å². The highest BCUT2D eigenvalue weighted by atomic mass is 16.5. The number of benzene rings is 2. The molecular formula is C19H24N2O3. The fraction of sp³-hybridized carbons (Fsp3) is 0.316. The van der Waals surface area contributed by atoms with Gasteiger partial charge < -0.3 is 20.5 Å². The van der Waals surface area contributed by atoms with E-state index in [1.54, 1.807) is 0 Å². The van der Waals surface area contributed by atoms with Gasteiger partial charge >= 0.3 is 6.03 Å². The molecule has 2 aromatic rings. The van der Waals surface area contributed by atoms with E-state index in [2.05, 4.69) is 10.6 Å². The first-order valence-electron chi connectivity index (χ1n) is 8.08. The first kappa shape index (κ1) is 17.8. The Bertz CT molecular complexity index is 673. The summed E-state index contributed by atoms with van der Waals surface area (Å²) in [4.78, 5) is 11.9. The van der Waals surface area contributed by atoms with Crippen molar-refractivity contribution in [2.24, 2.45) is 0 Å². The van der Waals surface area contributed by atoms with Crippen LogP contribution in [0.5, 0.6) is 5.75 Å². The van der Waals surface area contributed by atoms with E-state index in [9.17, 15) is 9.90 Å². The lowest BCUT2D eigenvalue weighted by molar-refractivity contribution is 0.108. The maximum Gasteiger partial charge on any atom is 0.319 e. The molecule has 0 aliphatic rings. The van der Waals surface area contributed by atoms with Crippen LogP contribution >= 0.6 is 0 Å². The second kappa shape index (κ2) is 8.93. The Morgan fingerprint density at radius 3 is 2.75 bits per heavy atom. The zero-order valence-corrected chi connectivity index (χ0v) is 14.1. The van der Waals surface area contributed by atoms with Crippen LogP contribution in [0.25, 0.3) is 0 Å². The van der Waals surface area contributed by atoms with Gasteiger partial charge in [0.15, 0.2) is 0 Å². The van der Waals surface area contributed by atoms with E-state index in [1.807, 2.05) is 62.4 Å². The van der Waals surface area contributed by atoms with Gasteiger partial charge in [-0.3, -0.25) is 0 Å². The number of aliphatic hydroxyl groups excluding tert-OH is 1. The Morgan fingerprint density at radius 1 is 1.21 bits per heavy atom. The van der Waals surface area contributed by atoms with Gasteiger partial charge in [0.1, 0.15) is 18.5 Å². The van der Waals surface area contributed by atoms with Gasteiger partial charge in [-0.15, -0.1) is 0 Å². The zero-order valence-electron chi connectivity index (χ0n) is 14.1. The number of urea groups is 1. The number of aliphatic hydroxyl groups is 1. The summed E-state index contributed by atoms with van der Waals surface area (Å²) in [5.41, 5.74) is 2.94. The molecule has 0 saturated carbocycles. The zero-order chi connectivity index (χ0) is 17.4. The molecule has 0 radical (unpaired) electrons. The summed E-state index contributed by atoms with van der Waals surface area (Å²) in [5, 5.41) is 15.4. The Hall–Kier alpha value is -2.53. The number of hydrogen-bond acceptors (Lipinski definition) is 3. The smallest absolute Gasteiger partial charge is 0.319 e. The molecule has 0 fully saturated rings. The lowest BCUT2D eigenvalue weighted by Crippen LogP contribution is -2.37. The van der Waals surface area contributed by atoms with Crippen molar-refractivity contribution in [3.05, 3.63) is 59.7 Å². The Morgan fingerprint density at radius 2 is 2.00 bits per heavy atom. The number of rotatable bonds is 7. The number of carbonyl (C=O) groups is 1.